The molecule has 0 saturated carbocycles. The fourth-order valence-corrected chi connectivity index (χ4v) is 5.22. The lowest BCUT2D eigenvalue weighted by molar-refractivity contribution is -0.117. The number of para-hydroxylation sites is 2. The van der Waals surface area contributed by atoms with Crippen LogP contribution in [0.15, 0.2) is 42.5 Å². The van der Waals surface area contributed by atoms with Gasteiger partial charge < -0.3 is 19.4 Å². The van der Waals surface area contributed by atoms with E-state index in [0.29, 0.717) is 36.4 Å². The summed E-state index contributed by atoms with van der Waals surface area (Å²) in [6.45, 7) is 4.14. The summed E-state index contributed by atoms with van der Waals surface area (Å²) in [5.41, 5.74) is 4.30. The molecule has 30 heavy (non-hydrogen) atoms. The van der Waals surface area contributed by atoms with Crippen LogP contribution in [-0.2, 0) is 4.79 Å². The summed E-state index contributed by atoms with van der Waals surface area (Å²) < 4.78 is 5.84. The van der Waals surface area contributed by atoms with Crippen molar-refractivity contribution in [3.05, 3.63) is 53.6 Å². The second kappa shape index (κ2) is 7.66. The van der Waals surface area contributed by atoms with Crippen molar-refractivity contribution >= 4 is 17.3 Å². The number of carbonyl (C=O) groups is 1. The molecule has 0 N–H and O–H groups in total. The van der Waals surface area contributed by atoms with E-state index in [0.717, 1.165) is 38.2 Å². The molecule has 6 nitrogen and oxygen atoms in total. The first-order valence-corrected chi connectivity index (χ1v) is 10.7. The second-order valence-corrected chi connectivity index (χ2v) is 8.37. The number of likely N-dealkylation sites (tertiary alicyclic amines) is 1. The molecule has 6 heteroatoms. The third-order valence-corrected chi connectivity index (χ3v) is 6.72. The molecular formula is C24H26N4O2. The quantitative estimate of drug-likeness (QED) is 0.720. The molecule has 2 aromatic rings. The highest BCUT2D eigenvalue weighted by molar-refractivity contribution is 6.04. The van der Waals surface area contributed by atoms with Gasteiger partial charge in [0.05, 0.1) is 30.1 Å². The van der Waals surface area contributed by atoms with Crippen LogP contribution in [0.4, 0.5) is 11.4 Å². The zero-order valence-electron chi connectivity index (χ0n) is 17.3. The molecule has 5 rings (SSSR count). The van der Waals surface area contributed by atoms with E-state index in [-0.39, 0.29) is 5.91 Å². The van der Waals surface area contributed by atoms with Crippen LogP contribution < -0.4 is 14.5 Å². The second-order valence-electron chi connectivity index (χ2n) is 8.37. The molecule has 2 atom stereocenters. The Hall–Kier alpha value is -3.04. The van der Waals surface area contributed by atoms with Crippen molar-refractivity contribution in [2.75, 3.05) is 49.6 Å². The average Bonchev–Trinajstić information content (AvgIpc) is 3.09. The molecule has 0 unspecified atom stereocenters. The van der Waals surface area contributed by atoms with Gasteiger partial charge in [-0.05, 0) is 36.6 Å². The lowest BCUT2D eigenvalue weighted by Gasteiger charge is -2.40. The SMILES string of the molecule is CN1C(=O)CN2c3c(cccc31)[C@@H]1CN(CCCOc3ccccc3C#N)CC[C@@H]12. The number of hydrogen-bond donors (Lipinski definition) is 0. The first-order chi connectivity index (χ1) is 14.7. The van der Waals surface area contributed by atoms with Gasteiger partial charge in [-0.15, -0.1) is 0 Å². The number of nitrogens with zero attached hydrogens (tertiary/aromatic N) is 4. The van der Waals surface area contributed by atoms with Gasteiger partial charge in [0.2, 0.25) is 5.91 Å². The van der Waals surface area contributed by atoms with Gasteiger partial charge in [0.25, 0.3) is 0 Å². The largest absolute Gasteiger partial charge is 0.492 e. The highest BCUT2D eigenvalue weighted by atomic mass is 16.5. The lowest BCUT2D eigenvalue weighted by atomic mass is 9.89. The first kappa shape index (κ1) is 19.0. The van der Waals surface area contributed by atoms with Gasteiger partial charge >= 0.3 is 0 Å². The number of hydrogen-bond acceptors (Lipinski definition) is 5. The Labute approximate surface area is 177 Å². The standard InChI is InChI=1S/C24H26N4O2/c1-26-21-8-4-7-18-19-15-27(12-10-20(19)28(24(18)21)16-23(26)29)11-5-13-30-22-9-3-2-6-17(22)14-25/h2-4,6-9,19-20H,5,10-13,15-16H2,1H3/t19-,20-/m0/s1. The molecule has 154 valence electrons. The molecule has 3 aliphatic rings. The molecule has 0 bridgehead atoms. The predicted molar refractivity (Wildman–Crippen MR) is 116 cm³/mol. The number of anilines is 2. The smallest absolute Gasteiger partial charge is 0.246 e. The highest BCUT2D eigenvalue weighted by Crippen LogP contribution is 2.50. The van der Waals surface area contributed by atoms with Crippen LogP contribution in [0.5, 0.6) is 5.75 Å². The van der Waals surface area contributed by atoms with Gasteiger partial charge in [-0.2, -0.15) is 5.26 Å². The summed E-state index contributed by atoms with van der Waals surface area (Å²) in [6.07, 6.45) is 2.00. The molecular weight excluding hydrogens is 376 g/mol. The zero-order valence-corrected chi connectivity index (χ0v) is 17.3. The van der Waals surface area contributed by atoms with Crippen molar-refractivity contribution in [2.45, 2.75) is 24.8 Å². The van der Waals surface area contributed by atoms with Gasteiger partial charge in [0, 0.05) is 38.6 Å². The minimum atomic E-state index is 0.178. The fraction of sp³-hybridized carbons (Fsp3) is 0.417. The molecule has 0 radical (unpaired) electrons. The van der Waals surface area contributed by atoms with Gasteiger partial charge in [-0.1, -0.05) is 24.3 Å². The van der Waals surface area contributed by atoms with Gasteiger partial charge in [0.15, 0.2) is 0 Å². The maximum atomic E-state index is 12.5. The molecule has 1 saturated heterocycles. The maximum absolute atomic E-state index is 12.5. The van der Waals surface area contributed by atoms with Crippen molar-refractivity contribution in [3.63, 3.8) is 0 Å². The predicted octanol–water partition coefficient (Wildman–Crippen LogP) is 2.98. The van der Waals surface area contributed by atoms with E-state index in [4.69, 9.17) is 4.74 Å². The van der Waals surface area contributed by atoms with Gasteiger partial charge in [-0.25, -0.2) is 0 Å². The number of fused-ring (bicyclic) bond motifs is 3. The summed E-state index contributed by atoms with van der Waals surface area (Å²) in [4.78, 5) is 19.1. The first-order valence-electron chi connectivity index (χ1n) is 10.7. The van der Waals surface area contributed by atoms with E-state index in [1.54, 1.807) is 11.0 Å². The molecule has 3 aliphatic heterocycles. The van der Waals surface area contributed by atoms with Gasteiger partial charge in [-0.3, -0.25) is 4.79 Å². The third-order valence-electron chi connectivity index (χ3n) is 6.72. The number of likely N-dealkylation sites (N-methyl/N-ethyl adjacent to an activating group) is 1. The average molecular weight is 402 g/mol. The van der Waals surface area contributed by atoms with E-state index in [2.05, 4.69) is 34.1 Å². The van der Waals surface area contributed by atoms with Crippen LogP contribution in [0.1, 0.15) is 29.9 Å². The zero-order chi connectivity index (χ0) is 20.7. The Morgan fingerprint density at radius 1 is 1.20 bits per heavy atom. The molecule has 0 aliphatic carbocycles. The number of benzene rings is 2. The van der Waals surface area contributed by atoms with Crippen LogP contribution in [0.3, 0.4) is 0 Å². The Balaban J connectivity index is 1.23. The molecule has 1 amide bonds. The number of carbonyl (C=O) groups excluding carboxylic acids is 1. The van der Waals surface area contributed by atoms with Gasteiger partial charge in [0.1, 0.15) is 11.8 Å². The molecule has 3 heterocycles. The molecule has 0 spiro atoms. The van der Waals surface area contributed by atoms with E-state index in [9.17, 15) is 10.1 Å². The van der Waals surface area contributed by atoms with E-state index in [1.807, 2.05) is 25.2 Å². The third kappa shape index (κ3) is 3.10. The number of ether oxygens (including phenoxy) is 1. The van der Waals surface area contributed by atoms with Crippen molar-refractivity contribution < 1.29 is 9.53 Å². The molecule has 1 fully saturated rings. The normalized spacial score (nSPS) is 22.5. The van der Waals surface area contributed by atoms with E-state index in [1.165, 1.54) is 11.3 Å². The number of rotatable bonds is 5. The van der Waals surface area contributed by atoms with Crippen LogP contribution in [0.2, 0.25) is 0 Å². The Morgan fingerprint density at radius 3 is 2.93 bits per heavy atom. The number of amides is 1. The summed E-state index contributed by atoms with van der Waals surface area (Å²) in [7, 11) is 1.88. The van der Waals surface area contributed by atoms with E-state index >= 15 is 0 Å². The van der Waals surface area contributed by atoms with Crippen molar-refractivity contribution in [3.8, 4) is 11.8 Å². The lowest BCUT2D eigenvalue weighted by Crippen LogP contribution is -2.51. The maximum Gasteiger partial charge on any atom is 0.246 e. The monoisotopic (exact) mass is 402 g/mol. The molecule has 2 aromatic carbocycles. The summed E-state index contributed by atoms with van der Waals surface area (Å²) in [6, 6.07) is 16.4. The Morgan fingerprint density at radius 2 is 2.07 bits per heavy atom. The highest BCUT2D eigenvalue weighted by Gasteiger charge is 2.46. The summed E-state index contributed by atoms with van der Waals surface area (Å²) >= 11 is 0. The van der Waals surface area contributed by atoms with E-state index < -0.39 is 0 Å². The van der Waals surface area contributed by atoms with Crippen molar-refractivity contribution in [2.24, 2.45) is 0 Å². The van der Waals surface area contributed by atoms with Crippen molar-refractivity contribution in [1.82, 2.24) is 4.90 Å². The van der Waals surface area contributed by atoms with Crippen LogP contribution in [0, 0.1) is 11.3 Å². The number of nitriles is 1. The van der Waals surface area contributed by atoms with Crippen LogP contribution in [-0.4, -0.2) is 56.7 Å². The van der Waals surface area contributed by atoms with Crippen LogP contribution in [0.25, 0.3) is 0 Å². The Kier molecular flexibility index (Phi) is 4.84. The topological polar surface area (TPSA) is 59.8 Å². The fourth-order valence-electron chi connectivity index (χ4n) is 5.22. The number of piperidine rings is 1. The van der Waals surface area contributed by atoms with Crippen molar-refractivity contribution in [1.29, 1.82) is 5.26 Å². The minimum Gasteiger partial charge on any atom is -0.492 e. The Bertz CT molecular complexity index is 1010. The minimum absolute atomic E-state index is 0.178. The summed E-state index contributed by atoms with van der Waals surface area (Å²) in [5.74, 6) is 1.30. The molecule has 0 aromatic heterocycles. The van der Waals surface area contributed by atoms with Crippen LogP contribution >= 0.6 is 0 Å². The summed E-state index contributed by atoms with van der Waals surface area (Å²) in [5, 5.41) is 9.18.